The topological polar surface area (TPSA) is 130 Å². The number of amides is 1. The molecule has 9 nitrogen and oxygen atoms in total. The number of hydrogen-bond acceptors (Lipinski definition) is 8. The number of aromatic amines is 1. The molecule has 1 aromatic carbocycles. The normalized spacial score (nSPS) is 16.7. The van der Waals surface area contributed by atoms with Crippen LogP contribution in [-0.4, -0.2) is 51.1 Å². The summed E-state index contributed by atoms with van der Waals surface area (Å²) in [6.45, 7) is 3.35. The number of carboxylic acids is 1. The van der Waals surface area contributed by atoms with Gasteiger partial charge in [0.25, 0.3) is 11.5 Å². The number of H-pyrrole nitrogens is 1. The van der Waals surface area contributed by atoms with Gasteiger partial charge in [0, 0.05) is 18.0 Å². The quantitative estimate of drug-likeness (QED) is 0.338. The van der Waals surface area contributed by atoms with Gasteiger partial charge < -0.3 is 19.7 Å². The van der Waals surface area contributed by atoms with Gasteiger partial charge in [0.2, 0.25) is 0 Å². The molecule has 0 spiro atoms. The standard InChI is InChI=1S/C20H17N3O6S2/c1-8-18(26)23(3)12-6-10(4-5-13(12)29-8)15(24)9(2)31-20-21-16(25)14-11(19(27)28)7-30-17(14)22-20/h4-9H,1-3H3,(H,27,28)(H,21,22,25). The molecule has 3 heterocycles. The van der Waals surface area contributed by atoms with E-state index in [-0.39, 0.29) is 27.8 Å². The largest absolute Gasteiger partial charge is 0.479 e. The summed E-state index contributed by atoms with van der Waals surface area (Å²) in [5.74, 6) is -1.09. The first-order chi connectivity index (χ1) is 14.7. The maximum absolute atomic E-state index is 13.0. The highest BCUT2D eigenvalue weighted by molar-refractivity contribution is 8.00. The number of anilines is 1. The molecule has 3 aromatic rings. The van der Waals surface area contributed by atoms with E-state index < -0.39 is 22.9 Å². The minimum atomic E-state index is -1.20. The molecular weight excluding hydrogens is 442 g/mol. The molecule has 2 atom stereocenters. The zero-order valence-electron chi connectivity index (χ0n) is 16.7. The first kappa shape index (κ1) is 21.1. The Hall–Kier alpha value is -3.18. The van der Waals surface area contributed by atoms with E-state index in [9.17, 15) is 24.3 Å². The van der Waals surface area contributed by atoms with Crippen molar-refractivity contribution in [3.63, 3.8) is 0 Å². The number of ketones is 1. The number of carboxylic acid groups (broad SMARTS) is 1. The first-order valence-electron chi connectivity index (χ1n) is 9.21. The molecule has 2 N–H and O–H groups in total. The van der Waals surface area contributed by atoms with Crippen LogP contribution in [0.15, 0.2) is 33.5 Å². The van der Waals surface area contributed by atoms with E-state index in [1.165, 1.54) is 10.3 Å². The van der Waals surface area contributed by atoms with Crippen molar-refractivity contribution in [2.45, 2.75) is 30.4 Å². The van der Waals surface area contributed by atoms with Crippen LogP contribution in [0.5, 0.6) is 5.75 Å². The fraction of sp³-hybridized carbons (Fsp3) is 0.250. The number of ether oxygens (including phenoxy) is 1. The van der Waals surface area contributed by atoms with Crippen LogP contribution in [0.25, 0.3) is 10.2 Å². The minimum absolute atomic E-state index is 0.0254. The van der Waals surface area contributed by atoms with Gasteiger partial charge in [0.05, 0.1) is 21.9 Å². The predicted octanol–water partition coefficient (Wildman–Crippen LogP) is 2.79. The van der Waals surface area contributed by atoms with Gasteiger partial charge in [0.1, 0.15) is 10.6 Å². The molecule has 0 fully saturated rings. The smallest absolute Gasteiger partial charge is 0.337 e. The van der Waals surface area contributed by atoms with E-state index in [2.05, 4.69) is 9.97 Å². The number of aromatic nitrogens is 2. The summed E-state index contributed by atoms with van der Waals surface area (Å²) >= 11 is 2.12. The summed E-state index contributed by atoms with van der Waals surface area (Å²) < 4.78 is 5.58. The number of fused-ring (bicyclic) bond motifs is 2. The third kappa shape index (κ3) is 3.70. The van der Waals surface area contributed by atoms with Crippen LogP contribution >= 0.6 is 23.1 Å². The molecule has 0 saturated heterocycles. The number of thiophene rings is 1. The van der Waals surface area contributed by atoms with Crippen molar-refractivity contribution in [2.75, 3.05) is 11.9 Å². The number of benzene rings is 1. The lowest BCUT2D eigenvalue weighted by molar-refractivity contribution is -0.125. The van der Waals surface area contributed by atoms with E-state index in [1.54, 1.807) is 39.1 Å². The third-order valence-corrected chi connectivity index (χ3v) is 6.75. The highest BCUT2D eigenvalue weighted by Crippen LogP contribution is 2.35. The molecule has 0 aliphatic carbocycles. The van der Waals surface area contributed by atoms with Crippen LogP contribution in [0.1, 0.15) is 34.6 Å². The average Bonchev–Trinajstić information content (AvgIpc) is 3.16. The predicted molar refractivity (Wildman–Crippen MR) is 117 cm³/mol. The molecule has 4 rings (SSSR count). The van der Waals surface area contributed by atoms with Gasteiger partial charge in [-0.3, -0.25) is 14.4 Å². The Labute approximate surface area is 184 Å². The number of carbonyl (C=O) groups is 3. The van der Waals surface area contributed by atoms with Gasteiger partial charge >= 0.3 is 5.97 Å². The number of hydrogen-bond donors (Lipinski definition) is 2. The van der Waals surface area contributed by atoms with Crippen molar-refractivity contribution < 1.29 is 24.2 Å². The second-order valence-electron chi connectivity index (χ2n) is 6.97. The van der Waals surface area contributed by atoms with Gasteiger partial charge in [-0.25, -0.2) is 9.78 Å². The van der Waals surface area contributed by atoms with Gasteiger partial charge in [-0.05, 0) is 32.0 Å². The summed E-state index contributed by atoms with van der Waals surface area (Å²) in [5.41, 5.74) is 0.243. The van der Waals surface area contributed by atoms with Crippen LogP contribution in [0.3, 0.4) is 0 Å². The molecule has 0 radical (unpaired) electrons. The molecule has 1 aliphatic heterocycles. The number of likely N-dealkylation sites (N-methyl/N-ethyl adjacent to an activating group) is 1. The van der Waals surface area contributed by atoms with E-state index in [1.807, 2.05) is 0 Å². The van der Waals surface area contributed by atoms with Gasteiger partial charge in [-0.15, -0.1) is 11.3 Å². The summed E-state index contributed by atoms with van der Waals surface area (Å²) in [6.07, 6.45) is -0.592. The maximum atomic E-state index is 13.0. The highest BCUT2D eigenvalue weighted by atomic mass is 32.2. The second-order valence-corrected chi connectivity index (χ2v) is 9.16. The molecule has 1 aliphatic rings. The van der Waals surface area contributed by atoms with Crippen molar-refractivity contribution in [3.05, 3.63) is 45.1 Å². The summed E-state index contributed by atoms with van der Waals surface area (Å²) in [4.78, 5) is 57.3. The molecule has 2 unspecified atom stereocenters. The summed E-state index contributed by atoms with van der Waals surface area (Å²) in [7, 11) is 1.63. The van der Waals surface area contributed by atoms with Gasteiger partial charge in [-0.2, -0.15) is 0 Å². The molecular formula is C20H17N3O6S2. The number of nitrogens with one attached hydrogen (secondary N) is 1. The second kappa shape index (κ2) is 7.82. The van der Waals surface area contributed by atoms with E-state index in [0.29, 0.717) is 21.8 Å². The van der Waals surface area contributed by atoms with E-state index >= 15 is 0 Å². The lowest BCUT2D eigenvalue weighted by Gasteiger charge is -2.30. The number of nitrogens with zero attached hydrogens (tertiary/aromatic N) is 2. The number of carbonyl (C=O) groups excluding carboxylic acids is 2. The molecule has 0 bridgehead atoms. The van der Waals surface area contributed by atoms with Crippen molar-refractivity contribution in [2.24, 2.45) is 0 Å². The van der Waals surface area contributed by atoms with Crippen molar-refractivity contribution >= 4 is 56.7 Å². The molecule has 31 heavy (non-hydrogen) atoms. The molecule has 0 saturated carbocycles. The Kier molecular flexibility index (Phi) is 5.31. The Bertz CT molecular complexity index is 1300. The molecule has 11 heteroatoms. The van der Waals surface area contributed by atoms with E-state index in [4.69, 9.17) is 4.74 Å². The van der Waals surface area contributed by atoms with Crippen LogP contribution in [0.2, 0.25) is 0 Å². The Balaban J connectivity index is 1.59. The van der Waals surface area contributed by atoms with Crippen molar-refractivity contribution in [1.82, 2.24) is 9.97 Å². The average molecular weight is 460 g/mol. The number of thioether (sulfide) groups is 1. The van der Waals surface area contributed by atoms with Crippen LogP contribution < -0.4 is 15.2 Å². The Morgan fingerprint density at radius 2 is 2.10 bits per heavy atom. The molecule has 1 amide bonds. The fourth-order valence-corrected chi connectivity index (χ4v) is 5.11. The highest BCUT2D eigenvalue weighted by Gasteiger charge is 2.30. The molecule has 160 valence electrons. The fourth-order valence-electron chi connectivity index (χ4n) is 3.26. The summed E-state index contributed by atoms with van der Waals surface area (Å²) in [5, 5.41) is 10.2. The minimum Gasteiger partial charge on any atom is -0.479 e. The van der Waals surface area contributed by atoms with E-state index in [0.717, 1.165) is 23.1 Å². The zero-order valence-corrected chi connectivity index (χ0v) is 18.3. The summed E-state index contributed by atoms with van der Waals surface area (Å²) in [6, 6.07) is 4.90. The SMILES string of the molecule is CC1Oc2ccc(C(=O)C(C)Sc3nc4scc(C(=O)O)c4c(=O)[nH]3)cc2N(C)C1=O. The van der Waals surface area contributed by atoms with Crippen LogP contribution in [-0.2, 0) is 4.79 Å². The van der Waals surface area contributed by atoms with Crippen molar-refractivity contribution in [3.8, 4) is 5.75 Å². The van der Waals surface area contributed by atoms with Crippen LogP contribution in [0, 0.1) is 0 Å². The first-order valence-corrected chi connectivity index (χ1v) is 11.0. The Morgan fingerprint density at radius 1 is 1.35 bits per heavy atom. The van der Waals surface area contributed by atoms with Crippen molar-refractivity contribution in [1.29, 1.82) is 0 Å². The lowest BCUT2D eigenvalue weighted by Crippen LogP contribution is -2.42. The monoisotopic (exact) mass is 459 g/mol. The third-order valence-electron chi connectivity index (χ3n) is 4.90. The zero-order chi connectivity index (χ0) is 22.4. The maximum Gasteiger partial charge on any atom is 0.337 e. The number of Topliss-reactive ketones (excluding diaryl/α,β-unsaturated/α-hetero) is 1. The molecule has 2 aromatic heterocycles. The van der Waals surface area contributed by atoms with Gasteiger partial charge in [-0.1, -0.05) is 11.8 Å². The number of rotatable bonds is 5. The van der Waals surface area contributed by atoms with Gasteiger partial charge in [0.15, 0.2) is 17.0 Å². The number of aromatic carboxylic acids is 1. The lowest BCUT2D eigenvalue weighted by atomic mass is 10.1. The Morgan fingerprint density at radius 3 is 2.81 bits per heavy atom. The van der Waals surface area contributed by atoms with Crippen LogP contribution in [0.4, 0.5) is 5.69 Å².